The van der Waals surface area contributed by atoms with E-state index in [9.17, 15) is 9.59 Å². The number of hydrogen-bond donors (Lipinski definition) is 2. The summed E-state index contributed by atoms with van der Waals surface area (Å²) in [5.74, 6) is -1.18. The van der Waals surface area contributed by atoms with Gasteiger partial charge in [0.1, 0.15) is 0 Å². The molecule has 0 saturated heterocycles. The van der Waals surface area contributed by atoms with Crippen molar-refractivity contribution in [3.63, 3.8) is 0 Å². The number of carbonyl (C=O) groups is 2. The zero-order chi connectivity index (χ0) is 14.0. The van der Waals surface area contributed by atoms with Crippen LogP contribution in [0, 0.1) is 11.8 Å². The molecule has 0 radical (unpaired) electrons. The summed E-state index contributed by atoms with van der Waals surface area (Å²) in [4.78, 5) is 21.3. The van der Waals surface area contributed by atoms with Gasteiger partial charge in [-0.05, 0) is 25.2 Å². The maximum absolute atomic E-state index is 10.8. The molecule has 0 spiro atoms. The first kappa shape index (κ1) is 16.9. The van der Waals surface area contributed by atoms with Gasteiger partial charge in [-0.3, -0.25) is 9.59 Å². The fourth-order valence-corrected chi connectivity index (χ4v) is 2.21. The average Bonchev–Trinajstić information content (AvgIpc) is 2.32. The minimum absolute atomic E-state index is 0.218. The van der Waals surface area contributed by atoms with Gasteiger partial charge in [-0.1, -0.05) is 39.5 Å². The van der Waals surface area contributed by atoms with Crippen molar-refractivity contribution in [1.82, 2.24) is 0 Å². The molecule has 2 unspecified atom stereocenters. The van der Waals surface area contributed by atoms with Crippen molar-refractivity contribution in [2.45, 2.75) is 65.2 Å². The molecule has 0 heterocycles. The van der Waals surface area contributed by atoms with Crippen LogP contribution >= 0.6 is 0 Å². The summed E-state index contributed by atoms with van der Waals surface area (Å²) in [5, 5.41) is 17.5. The quantitative estimate of drug-likeness (QED) is 0.556. The Balaban J connectivity index is 3.73. The van der Waals surface area contributed by atoms with Gasteiger partial charge in [0, 0.05) is 6.42 Å². The van der Waals surface area contributed by atoms with Crippen LogP contribution in [-0.2, 0) is 9.59 Å². The molecule has 4 heteroatoms. The van der Waals surface area contributed by atoms with E-state index in [1.807, 2.05) is 6.92 Å². The van der Waals surface area contributed by atoms with E-state index in [4.69, 9.17) is 10.2 Å². The van der Waals surface area contributed by atoms with Crippen LogP contribution in [0.5, 0.6) is 0 Å². The second-order valence-electron chi connectivity index (χ2n) is 4.93. The third-order valence-corrected chi connectivity index (χ3v) is 3.60. The summed E-state index contributed by atoms with van der Waals surface area (Å²) in [7, 11) is 0. The zero-order valence-corrected chi connectivity index (χ0v) is 11.5. The zero-order valence-electron chi connectivity index (χ0n) is 11.5. The van der Waals surface area contributed by atoms with Crippen LogP contribution in [0.25, 0.3) is 0 Å². The van der Waals surface area contributed by atoms with E-state index in [1.54, 1.807) is 0 Å². The molecule has 0 rings (SSSR count). The monoisotopic (exact) mass is 258 g/mol. The standard InChI is InChI=1S/C14H26O4/c1-3-11(9-10-13(15)16)7-5-6-8-12(4-2)14(17)18/h11-12H,3-10H2,1-2H3,(H,15,16)(H,17,18). The largest absolute Gasteiger partial charge is 0.481 e. The lowest BCUT2D eigenvalue weighted by atomic mass is 9.92. The summed E-state index contributed by atoms with van der Waals surface area (Å²) < 4.78 is 0. The van der Waals surface area contributed by atoms with Crippen molar-refractivity contribution in [2.24, 2.45) is 11.8 Å². The molecule has 0 aromatic heterocycles. The van der Waals surface area contributed by atoms with E-state index >= 15 is 0 Å². The van der Waals surface area contributed by atoms with Crippen LogP contribution in [0.15, 0.2) is 0 Å². The first-order chi connectivity index (χ1) is 8.51. The Hall–Kier alpha value is -1.06. The molecule has 18 heavy (non-hydrogen) atoms. The van der Waals surface area contributed by atoms with E-state index in [1.165, 1.54) is 0 Å². The molecule has 0 fully saturated rings. The second kappa shape index (κ2) is 9.92. The lowest BCUT2D eigenvalue weighted by Gasteiger charge is -2.14. The molecule has 2 atom stereocenters. The van der Waals surface area contributed by atoms with Gasteiger partial charge >= 0.3 is 11.9 Å². The summed E-state index contributed by atoms with van der Waals surface area (Å²) in [6.45, 7) is 3.99. The Bertz CT molecular complexity index is 250. The first-order valence-corrected chi connectivity index (χ1v) is 6.95. The van der Waals surface area contributed by atoms with Crippen molar-refractivity contribution in [3.8, 4) is 0 Å². The van der Waals surface area contributed by atoms with Crippen molar-refractivity contribution < 1.29 is 19.8 Å². The highest BCUT2D eigenvalue weighted by atomic mass is 16.4. The molecule has 4 nitrogen and oxygen atoms in total. The highest BCUT2D eigenvalue weighted by Crippen LogP contribution is 2.21. The van der Waals surface area contributed by atoms with Crippen LogP contribution in [0.3, 0.4) is 0 Å². The van der Waals surface area contributed by atoms with Crippen molar-refractivity contribution in [2.75, 3.05) is 0 Å². The van der Waals surface area contributed by atoms with E-state index in [-0.39, 0.29) is 12.3 Å². The second-order valence-corrected chi connectivity index (χ2v) is 4.93. The van der Waals surface area contributed by atoms with Gasteiger partial charge in [0.15, 0.2) is 0 Å². The van der Waals surface area contributed by atoms with E-state index < -0.39 is 11.9 Å². The highest BCUT2D eigenvalue weighted by molar-refractivity contribution is 5.69. The Labute approximate surface area is 109 Å². The lowest BCUT2D eigenvalue weighted by molar-refractivity contribution is -0.142. The topological polar surface area (TPSA) is 74.6 Å². The summed E-state index contributed by atoms with van der Waals surface area (Å²) in [5.41, 5.74) is 0. The fraction of sp³-hybridized carbons (Fsp3) is 0.857. The SMILES string of the molecule is CCC(CCCCC(CC)C(=O)O)CCC(=O)O. The van der Waals surface area contributed by atoms with Crippen molar-refractivity contribution in [1.29, 1.82) is 0 Å². The van der Waals surface area contributed by atoms with Crippen LogP contribution < -0.4 is 0 Å². The third kappa shape index (κ3) is 8.09. The van der Waals surface area contributed by atoms with Crippen LogP contribution in [0.2, 0.25) is 0 Å². The van der Waals surface area contributed by atoms with Crippen LogP contribution in [-0.4, -0.2) is 22.2 Å². The van der Waals surface area contributed by atoms with Gasteiger partial charge in [-0.25, -0.2) is 0 Å². The normalized spacial score (nSPS) is 14.1. The maximum Gasteiger partial charge on any atom is 0.306 e. The lowest BCUT2D eigenvalue weighted by Crippen LogP contribution is -2.12. The molecule has 0 aromatic carbocycles. The predicted molar refractivity (Wildman–Crippen MR) is 70.5 cm³/mol. The molecular formula is C14H26O4. The first-order valence-electron chi connectivity index (χ1n) is 6.95. The minimum Gasteiger partial charge on any atom is -0.481 e. The Morgan fingerprint density at radius 3 is 2.00 bits per heavy atom. The average molecular weight is 258 g/mol. The van der Waals surface area contributed by atoms with Crippen LogP contribution in [0.1, 0.15) is 65.2 Å². The van der Waals surface area contributed by atoms with Gasteiger partial charge in [0.2, 0.25) is 0 Å². The molecule has 0 aromatic rings. The molecule has 0 aliphatic carbocycles. The Morgan fingerprint density at radius 1 is 0.944 bits per heavy atom. The van der Waals surface area contributed by atoms with E-state index in [0.29, 0.717) is 12.3 Å². The van der Waals surface area contributed by atoms with Gasteiger partial charge in [0.05, 0.1) is 5.92 Å². The summed E-state index contributed by atoms with van der Waals surface area (Å²) in [6, 6.07) is 0. The Kier molecular flexibility index (Phi) is 9.33. The van der Waals surface area contributed by atoms with Gasteiger partial charge in [0.25, 0.3) is 0 Å². The van der Waals surface area contributed by atoms with Gasteiger partial charge < -0.3 is 10.2 Å². The number of unbranched alkanes of at least 4 members (excludes halogenated alkanes) is 1. The van der Waals surface area contributed by atoms with Crippen LogP contribution in [0.4, 0.5) is 0 Å². The molecule has 106 valence electrons. The number of carboxylic acids is 2. The minimum atomic E-state index is -0.731. The van der Waals surface area contributed by atoms with Gasteiger partial charge in [-0.2, -0.15) is 0 Å². The van der Waals surface area contributed by atoms with Crippen molar-refractivity contribution >= 4 is 11.9 Å². The molecule has 0 aliphatic heterocycles. The molecular weight excluding hydrogens is 232 g/mol. The number of aliphatic carboxylic acids is 2. The molecule has 0 bridgehead atoms. The van der Waals surface area contributed by atoms with Crippen molar-refractivity contribution in [3.05, 3.63) is 0 Å². The fourth-order valence-electron chi connectivity index (χ4n) is 2.21. The summed E-state index contributed by atoms with van der Waals surface area (Å²) >= 11 is 0. The molecule has 0 aliphatic rings. The molecule has 0 amide bonds. The predicted octanol–water partition coefficient (Wildman–Crippen LogP) is 3.55. The van der Waals surface area contributed by atoms with Gasteiger partial charge in [-0.15, -0.1) is 0 Å². The highest BCUT2D eigenvalue weighted by Gasteiger charge is 2.14. The summed E-state index contributed by atoms with van der Waals surface area (Å²) in [6.07, 6.45) is 6.35. The number of rotatable bonds is 11. The molecule has 2 N–H and O–H groups in total. The maximum atomic E-state index is 10.8. The molecule has 0 saturated carbocycles. The van der Waals surface area contributed by atoms with E-state index in [2.05, 4.69) is 6.92 Å². The smallest absolute Gasteiger partial charge is 0.306 e. The van der Waals surface area contributed by atoms with E-state index in [0.717, 1.165) is 38.5 Å². The number of carboxylic acid groups (broad SMARTS) is 2. The number of hydrogen-bond acceptors (Lipinski definition) is 2. The Morgan fingerprint density at radius 2 is 1.56 bits per heavy atom. The third-order valence-electron chi connectivity index (χ3n) is 3.60.